The van der Waals surface area contributed by atoms with Gasteiger partial charge in [-0.2, -0.15) is 0 Å². The van der Waals surface area contributed by atoms with Crippen molar-refractivity contribution in [3.8, 4) is 0 Å². The van der Waals surface area contributed by atoms with Gasteiger partial charge in [0.25, 0.3) is 5.69 Å². The first-order chi connectivity index (χ1) is 9.52. The Labute approximate surface area is 125 Å². The highest BCUT2D eigenvalue weighted by atomic mass is 79.9. The number of esters is 1. The van der Waals surface area contributed by atoms with Crippen LogP contribution in [0.4, 0.5) is 11.4 Å². The van der Waals surface area contributed by atoms with Crippen molar-refractivity contribution in [2.24, 2.45) is 5.92 Å². The van der Waals surface area contributed by atoms with E-state index in [0.717, 1.165) is 12.8 Å². The summed E-state index contributed by atoms with van der Waals surface area (Å²) < 4.78 is 5.43. The second kappa shape index (κ2) is 6.21. The molecule has 20 heavy (non-hydrogen) atoms. The predicted octanol–water partition coefficient (Wildman–Crippen LogP) is 2.75. The average molecular weight is 343 g/mol. The highest BCUT2D eigenvalue weighted by molar-refractivity contribution is 9.10. The predicted molar refractivity (Wildman–Crippen MR) is 77.7 cm³/mol. The second-order valence-electron chi connectivity index (χ2n) is 4.70. The van der Waals surface area contributed by atoms with Gasteiger partial charge in [-0.1, -0.05) is 15.9 Å². The lowest BCUT2D eigenvalue weighted by atomic mass is 9.97. The highest BCUT2D eigenvalue weighted by Gasteiger charge is 2.29. The number of carbonyl (C=O) groups is 1. The maximum absolute atomic E-state index is 11.6. The van der Waals surface area contributed by atoms with E-state index in [0.29, 0.717) is 23.2 Å². The van der Waals surface area contributed by atoms with Gasteiger partial charge in [-0.25, -0.2) is 0 Å². The van der Waals surface area contributed by atoms with Crippen molar-refractivity contribution in [2.75, 3.05) is 25.1 Å². The van der Waals surface area contributed by atoms with Crippen molar-refractivity contribution in [1.29, 1.82) is 0 Å². The number of anilines is 1. The van der Waals surface area contributed by atoms with E-state index in [4.69, 9.17) is 4.74 Å². The number of carbonyl (C=O) groups excluding carboxylic acids is 1. The molecule has 1 heterocycles. The molecule has 2 rings (SSSR count). The minimum Gasteiger partial charge on any atom is -0.469 e. The quantitative estimate of drug-likeness (QED) is 0.479. The van der Waals surface area contributed by atoms with Crippen molar-refractivity contribution in [3.63, 3.8) is 0 Å². The Morgan fingerprint density at radius 1 is 1.55 bits per heavy atom. The van der Waals surface area contributed by atoms with Crippen LogP contribution in [0.2, 0.25) is 0 Å². The topological polar surface area (TPSA) is 72.7 Å². The summed E-state index contributed by atoms with van der Waals surface area (Å²) in [6.07, 6.45) is 1.57. The van der Waals surface area contributed by atoms with Crippen molar-refractivity contribution in [3.05, 3.63) is 32.8 Å². The van der Waals surface area contributed by atoms with Gasteiger partial charge in [0.1, 0.15) is 5.69 Å². The number of halogens is 1. The SMILES string of the molecule is COC(=O)C1CCCN(c2ccc(Br)cc2[N+](=O)[O-])C1. The third-order valence-electron chi connectivity index (χ3n) is 3.43. The zero-order valence-corrected chi connectivity index (χ0v) is 12.6. The third kappa shape index (κ3) is 3.09. The van der Waals surface area contributed by atoms with Crippen LogP contribution in [0.25, 0.3) is 0 Å². The Hall–Kier alpha value is -1.63. The highest BCUT2D eigenvalue weighted by Crippen LogP contribution is 2.33. The minimum absolute atomic E-state index is 0.0462. The molecule has 1 aliphatic heterocycles. The monoisotopic (exact) mass is 342 g/mol. The molecule has 1 unspecified atom stereocenters. The molecule has 0 aliphatic carbocycles. The third-order valence-corrected chi connectivity index (χ3v) is 3.92. The molecule has 0 amide bonds. The molecule has 0 N–H and O–H groups in total. The van der Waals surface area contributed by atoms with E-state index in [1.807, 2.05) is 4.90 Å². The Morgan fingerprint density at radius 3 is 2.95 bits per heavy atom. The molecule has 7 heteroatoms. The van der Waals surface area contributed by atoms with Crippen molar-refractivity contribution in [2.45, 2.75) is 12.8 Å². The minimum atomic E-state index is -0.401. The lowest BCUT2D eigenvalue weighted by Crippen LogP contribution is -2.39. The first kappa shape index (κ1) is 14.8. The molecule has 1 fully saturated rings. The lowest BCUT2D eigenvalue weighted by molar-refractivity contribution is -0.384. The first-order valence-electron chi connectivity index (χ1n) is 6.29. The number of ether oxygens (including phenoxy) is 1. The molecule has 1 saturated heterocycles. The van der Waals surface area contributed by atoms with Crippen LogP contribution in [0, 0.1) is 16.0 Å². The molecule has 6 nitrogen and oxygen atoms in total. The molecule has 1 aromatic carbocycles. The number of piperidine rings is 1. The molecule has 1 aromatic rings. The molecule has 0 aromatic heterocycles. The number of nitro groups is 1. The summed E-state index contributed by atoms with van der Waals surface area (Å²) >= 11 is 3.24. The van der Waals surface area contributed by atoms with E-state index in [1.165, 1.54) is 13.2 Å². The molecular weight excluding hydrogens is 328 g/mol. The number of benzene rings is 1. The summed E-state index contributed by atoms with van der Waals surface area (Å²) in [4.78, 5) is 24.3. The van der Waals surface area contributed by atoms with Crippen LogP contribution in [0.15, 0.2) is 22.7 Å². The van der Waals surface area contributed by atoms with Gasteiger partial charge in [-0.3, -0.25) is 14.9 Å². The van der Waals surface area contributed by atoms with Gasteiger partial charge >= 0.3 is 5.97 Å². The van der Waals surface area contributed by atoms with Crippen molar-refractivity contribution in [1.82, 2.24) is 0 Å². The summed E-state index contributed by atoms with van der Waals surface area (Å²) in [5.41, 5.74) is 0.594. The van der Waals surface area contributed by atoms with E-state index < -0.39 is 4.92 Å². The number of methoxy groups -OCH3 is 1. The maximum atomic E-state index is 11.6. The molecule has 0 saturated carbocycles. The Bertz CT molecular complexity index is 535. The van der Waals surface area contributed by atoms with Gasteiger partial charge in [-0.15, -0.1) is 0 Å². The van der Waals surface area contributed by atoms with Gasteiger partial charge in [0, 0.05) is 23.6 Å². The first-order valence-corrected chi connectivity index (χ1v) is 7.09. The Balaban J connectivity index is 2.27. The van der Waals surface area contributed by atoms with Crippen molar-refractivity contribution < 1.29 is 14.5 Å². The second-order valence-corrected chi connectivity index (χ2v) is 5.61. The zero-order chi connectivity index (χ0) is 14.7. The van der Waals surface area contributed by atoms with E-state index in [9.17, 15) is 14.9 Å². The van der Waals surface area contributed by atoms with E-state index in [-0.39, 0.29) is 17.6 Å². The summed E-state index contributed by atoms with van der Waals surface area (Å²) in [7, 11) is 1.36. The molecular formula is C13H15BrN2O4. The Morgan fingerprint density at radius 2 is 2.30 bits per heavy atom. The molecule has 1 aliphatic rings. The lowest BCUT2D eigenvalue weighted by Gasteiger charge is -2.32. The number of nitro benzene ring substituents is 1. The standard InChI is InChI=1S/C13H15BrN2O4/c1-20-13(17)9-3-2-6-15(8-9)11-5-4-10(14)7-12(11)16(18)19/h4-5,7,9H,2-3,6,8H2,1H3. The molecule has 0 radical (unpaired) electrons. The molecule has 0 bridgehead atoms. The summed E-state index contributed by atoms with van der Waals surface area (Å²) in [5.74, 6) is -0.480. The Kier molecular flexibility index (Phi) is 4.59. The van der Waals surface area contributed by atoms with E-state index in [2.05, 4.69) is 15.9 Å². The fourth-order valence-corrected chi connectivity index (χ4v) is 2.81. The molecule has 1 atom stereocenters. The smallest absolute Gasteiger partial charge is 0.310 e. The number of nitrogens with zero attached hydrogens (tertiary/aromatic N) is 2. The zero-order valence-electron chi connectivity index (χ0n) is 11.0. The normalized spacial score (nSPS) is 18.7. The van der Waals surface area contributed by atoms with E-state index >= 15 is 0 Å². The number of hydrogen-bond acceptors (Lipinski definition) is 5. The van der Waals surface area contributed by atoms with E-state index in [1.54, 1.807) is 12.1 Å². The molecule has 0 spiro atoms. The largest absolute Gasteiger partial charge is 0.469 e. The maximum Gasteiger partial charge on any atom is 0.310 e. The van der Waals surface area contributed by atoms with Crippen LogP contribution < -0.4 is 4.90 Å². The van der Waals surface area contributed by atoms with Crippen molar-refractivity contribution >= 4 is 33.3 Å². The summed E-state index contributed by atoms with van der Waals surface area (Å²) in [6, 6.07) is 4.96. The van der Waals surface area contributed by atoms with Gasteiger partial charge in [0.2, 0.25) is 0 Å². The van der Waals surface area contributed by atoms with Crippen LogP contribution in [0.5, 0.6) is 0 Å². The van der Waals surface area contributed by atoms with Gasteiger partial charge in [-0.05, 0) is 25.0 Å². The molecule has 108 valence electrons. The number of rotatable bonds is 3. The van der Waals surface area contributed by atoms with Crippen LogP contribution in [-0.4, -0.2) is 31.1 Å². The van der Waals surface area contributed by atoms with Gasteiger partial charge < -0.3 is 9.64 Å². The fraction of sp³-hybridized carbons (Fsp3) is 0.462. The number of hydrogen-bond donors (Lipinski definition) is 0. The summed E-state index contributed by atoms with van der Waals surface area (Å²) in [6.45, 7) is 1.16. The van der Waals surface area contributed by atoms with Crippen LogP contribution >= 0.6 is 15.9 Å². The van der Waals surface area contributed by atoms with Gasteiger partial charge in [0.15, 0.2) is 0 Å². The van der Waals surface area contributed by atoms with Crippen LogP contribution in [0.1, 0.15) is 12.8 Å². The van der Waals surface area contributed by atoms with Gasteiger partial charge in [0.05, 0.1) is 18.0 Å². The summed E-state index contributed by atoms with van der Waals surface area (Å²) in [5, 5.41) is 11.2. The van der Waals surface area contributed by atoms with Crippen LogP contribution in [0.3, 0.4) is 0 Å². The average Bonchev–Trinajstić information content (AvgIpc) is 2.46. The fourth-order valence-electron chi connectivity index (χ4n) is 2.47. The van der Waals surface area contributed by atoms with Crippen LogP contribution in [-0.2, 0) is 9.53 Å².